The van der Waals surface area contributed by atoms with Crippen molar-refractivity contribution in [1.82, 2.24) is 10.4 Å². The number of carbonyl (C=O) groups excluding carboxylic acids is 1. The second-order valence-electron chi connectivity index (χ2n) is 4.78. The van der Waals surface area contributed by atoms with Gasteiger partial charge in [0.25, 0.3) is 5.91 Å². The van der Waals surface area contributed by atoms with Crippen molar-refractivity contribution in [2.45, 2.75) is 13.0 Å². The van der Waals surface area contributed by atoms with Gasteiger partial charge in [-0.15, -0.1) is 0 Å². The maximum atomic E-state index is 10.7. The molecule has 1 aromatic carbocycles. The SMILES string of the molecule is O=C(COC/C=C/CN1CCc2ccccc2C1)NO. The van der Waals surface area contributed by atoms with E-state index in [2.05, 4.69) is 29.2 Å². The predicted octanol–water partition coefficient (Wildman–Crippen LogP) is 1.12. The molecule has 0 unspecified atom stereocenters. The van der Waals surface area contributed by atoms with Crippen molar-refractivity contribution < 1.29 is 14.7 Å². The average Bonchev–Trinajstić information content (AvgIpc) is 2.50. The van der Waals surface area contributed by atoms with Crippen LogP contribution in [-0.4, -0.2) is 42.3 Å². The van der Waals surface area contributed by atoms with E-state index in [4.69, 9.17) is 9.94 Å². The number of rotatable bonds is 6. The number of nitrogens with one attached hydrogen (secondary N) is 1. The Morgan fingerprint density at radius 2 is 2.15 bits per heavy atom. The number of amides is 1. The van der Waals surface area contributed by atoms with E-state index in [1.54, 1.807) is 0 Å². The molecule has 1 heterocycles. The molecule has 1 aliphatic heterocycles. The van der Waals surface area contributed by atoms with Crippen LogP contribution in [0.4, 0.5) is 0 Å². The Hall–Kier alpha value is -1.69. The van der Waals surface area contributed by atoms with Crippen LogP contribution in [0.1, 0.15) is 11.1 Å². The van der Waals surface area contributed by atoms with Gasteiger partial charge in [-0.25, -0.2) is 5.48 Å². The third-order valence-corrected chi connectivity index (χ3v) is 3.31. The van der Waals surface area contributed by atoms with Crippen molar-refractivity contribution >= 4 is 5.91 Å². The van der Waals surface area contributed by atoms with Crippen molar-refractivity contribution in [3.05, 3.63) is 47.5 Å². The molecule has 0 aliphatic carbocycles. The van der Waals surface area contributed by atoms with E-state index in [-0.39, 0.29) is 6.61 Å². The van der Waals surface area contributed by atoms with Gasteiger partial charge in [0.15, 0.2) is 0 Å². The Labute approximate surface area is 118 Å². The molecule has 2 N–H and O–H groups in total. The van der Waals surface area contributed by atoms with Crippen LogP contribution >= 0.6 is 0 Å². The number of hydrogen-bond donors (Lipinski definition) is 2. The summed E-state index contributed by atoms with van der Waals surface area (Å²) in [5.41, 5.74) is 4.38. The van der Waals surface area contributed by atoms with Crippen molar-refractivity contribution in [3.63, 3.8) is 0 Å². The highest BCUT2D eigenvalue weighted by molar-refractivity contribution is 5.75. The third-order valence-electron chi connectivity index (χ3n) is 3.31. The van der Waals surface area contributed by atoms with Crippen LogP contribution in [0.5, 0.6) is 0 Å². The van der Waals surface area contributed by atoms with Gasteiger partial charge in [0.2, 0.25) is 0 Å². The van der Waals surface area contributed by atoms with Gasteiger partial charge < -0.3 is 4.74 Å². The maximum absolute atomic E-state index is 10.7. The van der Waals surface area contributed by atoms with Gasteiger partial charge in [-0.1, -0.05) is 36.4 Å². The molecule has 0 saturated carbocycles. The van der Waals surface area contributed by atoms with Crippen LogP contribution in [0.2, 0.25) is 0 Å². The summed E-state index contributed by atoms with van der Waals surface area (Å²) in [5, 5.41) is 8.28. The molecule has 1 aliphatic rings. The lowest BCUT2D eigenvalue weighted by Gasteiger charge is -2.27. The molecule has 1 aromatic rings. The molecule has 20 heavy (non-hydrogen) atoms. The highest BCUT2D eigenvalue weighted by Gasteiger charge is 2.13. The number of ether oxygens (including phenoxy) is 1. The second kappa shape index (κ2) is 7.79. The van der Waals surface area contributed by atoms with Crippen molar-refractivity contribution in [2.75, 3.05) is 26.3 Å². The topological polar surface area (TPSA) is 61.8 Å². The Kier molecular flexibility index (Phi) is 5.73. The predicted molar refractivity (Wildman–Crippen MR) is 75.3 cm³/mol. The van der Waals surface area contributed by atoms with Crippen molar-refractivity contribution in [1.29, 1.82) is 0 Å². The van der Waals surface area contributed by atoms with E-state index in [0.717, 1.165) is 26.1 Å². The molecule has 0 saturated heterocycles. The summed E-state index contributed by atoms with van der Waals surface area (Å²) in [6.45, 7) is 3.17. The first-order chi connectivity index (χ1) is 9.79. The summed E-state index contributed by atoms with van der Waals surface area (Å²) in [7, 11) is 0. The first-order valence-electron chi connectivity index (χ1n) is 6.74. The average molecular weight is 276 g/mol. The van der Waals surface area contributed by atoms with Gasteiger partial charge in [0.1, 0.15) is 6.61 Å². The minimum Gasteiger partial charge on any atom is -0.368 e. The lowest BCUT2D eigenvalue weighted by molar-refractivity contribution is -0.133. The van der Waals surface area contributed by atoms with Gasteiger partial charge in [-0.2, -0.15) is 0 Å². The lowest BCUT2D eigenvalue weighted by atomic mass is 10.00. The smallest absolute Gasteiger partial charge is 0.269 e. The summed E-state index contributed by atoms with van der Waals surface area (Å²) >= 11 is 0. The molecule has 2 rings (SSSR count). The van der Waals surface area contributed by atoms with Crippen molar-refractivity contribution in [2.24, 2.45) is 0 Å². The van der Waals surface area contributed by atoms with Crippen LogP contribution in [0.15, 0.2) is 36.4 Å². The monoisotopic (exact) mass is 276 g/mol. The zero-order chi connectivity index (χ0) is 14.2. The molecule has 0 fully saturated rings. The third kappa shape index (κ3) is 4.45. The molecule has 0 spiro atoms. The van der Waals surface area contributed by atoms with Crippen LogP contribution in [0, 0.1) is 0 Å². The molecule has 0 radical (unpaired) electrons. The number of hydrogen-bond acceptors (Lipinski definition) is 4. The number of benzene rings is 1. The molecule has 108 valence electrons. The van der Waals surface area contributed by atoms with E-state index in [1.807, 2.05) is 12.2 Å². The Bertz CT molecular complexity index is 474. The van der Waals surface area contributed by atoms with Gasteiger partial charge in [0, 0.05) is 19.6 Å². The fourth-order valence-electron chi connectivity index (χ4n) is 2.25. The quantitative estimate of drug-likeness (QED) is 0.354. The van der Waals surface area contributed by atoms with Gasteiger partial charge in [0.05, 0.1) is 6.61 Å². The molecule has 1 amide bonds. The van der Waals surface area contributed by atoms with E-state index in [9.17, 15) is 4.79 Å². The Morgan fingerprint density at radius 3 is 2.95 bits per heavy atom. The lowest BCUT2D eigenvalue weighted by Crippen LogP contribution is -2.30. The van der Waals surface area contributed by atoms with Crippen molar-refractivity contribution in [3.8, 4) is 0 Å². The fourth-order valence-corrected chi connectivity index (χ4v) is 2.25. The highest BCUT2D eigenvalue weighted by atomic mass is 16.5. The summed E-state index contributed by atoms with van der Waals surface area (Å²) in [5.74, 6) is -0.536. The normalized spacial score (nSPS) is 15.2. The molecule has 0 bridgehead atoms. The number of hydroxylamine groups is 1. The molecular formula is C15H20N2O3. The first-order valence-corrected chi connectivity index (χ1v) is 6.74. The van der Waals surface area contributed by atoms with Crippen LogP contribution in [0.25, 0.3) is 0 Å². The zero-order valence-corrected chi connectivity index (χ0v) is 11.4. The highest BCUT2D eigenvalue weighted by Crippen LogP contribution is 2.17. The van der Waals surface area contributed by atoms with Gasteiger partial charge in [-0.3, -0.25) is 14.9 Å². The summed E-state index contributed by atoms with van der Waals surface area (Å²) < 4.78 is 5.05. The summed E-state index contributed by atoms with van der Waals surface area (Å²) in [6, 6.07) is 8.55. The Morgan fingerprint density at radius 1 is 1.35 bits per heavy atom. The Balaban J connectivity index is 1.67. The molecule has 0 aromatic heterocycles. The first kappa shape index (κ1) is 14.7. The standard InChI is InChI=1S/C15H20N2O3/c18-15(16-19)12-20-10-4-3-8-17-9-7-13-5-1-2-6-14(13)11-17/h1-6,19H,7-12H2,(H,16,18)/b4-3+. The maximum Gasteiger partial charge on any atom is 0.269 e. The van der Waals surface area contributed by atoms with Gasteiger partial charge in [-0.05, 0) is 17.5 Å². The summed E-state index contributed by atoms with van der Waals surface area (Å²) in [6.07, 6.45) is 5.03. The van der Waals surface area contributed by atoms with E-state index in [1.165, 1.54) is 16.6 Å². The second-order valence-corrected chi connectivity index (χ2v) is 4.78. The molecule has 5 nitrogen and oxygen atoms in total. The molecule has 0 atom stereocenters. The number of nitrogens with zero attached hydrogens (tertiary/aromatic N) is 1. The van der Waals surface area contributed by atoms with E-state index < -0.39 is 5.91 Å². The largest absolute Gasteiger partial charge is 0.368 e. The zero-order valence-electron chi connectivity index (χ0n) is 11.4. The van der Waals surface area contributed by atoms with Gasteiger partial charge >= 0.3 is 0 Å². The van der Waals surface area contributed by atoms with E-state index in [0.29, 0.717) is 6.61 Å². The van der Waals surface area contributed by atoms with Crippen LogP contribution in [-0.2, 0) is 22.5 Å². The van der Waals surface area contributed by atoms with Crippen LogP contribution in [0.3, 0.4) is 0 Å². The number of fused-ring (bicyclic) bond motifs is 1. The summed E-state index contributed by atoms with van der Waals surface area (Å²) in [4.78, 5) is 13.1. The van der Waals surface area contributed by atoms with Crippen LogP contribution < -0.4 is 5.48 Å². The fraction of sp³-hybridized carbons (Fsp3) is 0.400. The number of carbonyl (C=O) groups is 1. The minimum absolute atomic E-state index is 0.127. The molecular weight excluding hydrogens is 256 g/mol. The molecule has 5 heteroatoms. The minimum atomic E-state index is -0.536. The van der Waals surface area contributed by atoms with E-state index >= 15 is 0 Å².